The van der Waals surface area contributed by atoms with Gasteiger partial charge < -0.3 is 21.3 Å². The molecule has 0 aliphatic carbocycles. The molecule has 0 atom stereocenters. The summed E-state index contributed by atoms with van der Waals surface area (Å²) >= 11 is 0. The average Bonchev–Trinajstić information content (AvgIpc) is 3.02. The fraction of sp³-hybridized carbons (Fsp3) is 0.500. The number of carbonyl (C=O) groups is 2. The Hall–Kier alpha value is -2.08. The Morgan fingerprint density at radius 2 is 1.91 bits per heavy atom. The van der Waals surface area contributed by atoms with E-state index in [0.29, 0.717) is 29.8 Å². The molecule has 1 aromatic rings. The van der Waals surface area contributed by atoms with Crippen molar-refractivity contribution in [3.63, 3.8) is 0 Å². The molecule has 1 saturated heterocycles. The number of hydrogen-bond donors (Lipinski definition) is 2. The summed E-state index contributed by atoms with van der Waals surface area (Å²) in [5.74, 6) is -0.199. The number of rotatable bonds is 6. The Morgan fingerprint density at radius 1 is 1.27 bits per heavy atom. The Balaban J connectivity index is 1.97. The number of anilines is 2. The molecule has 120 valence electrons. The van der Waals surface area contributed by atoms with Crippen LogP contribution in [0.2, 0.25) is 0 Å². The third kappa shape index (κ3) is 3.76. The molecule has 6 heteroatoms. The number of nitrogens with zero attached hydrogens (tertiary/aromatic N) is 2. The van der Waals surface area contributed by atoms with Crippen molar-refractivity contribution in [3.8, 4) is 0 Å². The molecule has 0 bridgehead atoms. The van der Waals surface area contributed by atoms with Gasteiger partial charge in [-0.1, -0.05) is 0 Å². The third-order valence-electron chi connectivity index (χ3n) is 4.13. The van der Waals surface area contributed by atoms with Gasteiger partial charge in [-0.05, 0) is 51.0 Å². The Kier molecular flexibility index (Phi) is 5.38. The molecule has 4 N–H and O–H groups in total. The lowest BCUT2D eigenvalue weighted by Gasteiger charge is -2.21. The van der Waals surface area contributed by atoms with Gasteiger partial charge in [0, 0.05) is 19.2 Å². The summed E-state index contributed by atoms with van der Waals surface area (Å²) in [4.78, 5) is 27.7. The minimum Gasteiger partial charge on any atom is -0.397 e. The summed E-state index contributed by atoms with van der Waals surface area (Å²) in [7, 11) is 1.74. The van der Waals surface area contributed by atoms with E-state index >= 15 is 0 Å². The maximum absolute atomic E-state index is 12.5. The number of likely N-dealkylation sites (tertiary alicyclic amines) is 1. The van der Waals surface area contributed by atoms with Gasteiger partial charge in [0.2, 0.25) is 0 Å². The van der Waals surface area contributed by atoms with Crippen molar-refractivity contribution in [1.29, 1.82) is 0 Å². The lowest BCUT2D eigenvalue weighted by Crippen LogP contribution is -2.31. The molecule has 6 nitrogen and oxygen atoms in total. The third-order valence-corrected chi connectivity index (χ3v) is 4.13. The zero-order valence-corrected chi connectivity index (χ0v) is 13.0. The average molecular weight is 304 g/mol. The van der Waals surface area contributed by atoms with Crippen LogP contribution in [0.1, 0.15) is 40.0 Å². The summed E-state index contributed by atoms with van der Waals surface area (Å²) < 4.78 is 0. The number of benzene rings is 1. The second kappa shape index (κ2) is 7.26. The zero-order valence-electron chi connectivity index (χ0n) is 13.0. The molecular formula is C16H24N4O2. The quantitative estimate of drug-likeness (QED) is 0.609. The lowest BCUT2D eigenvalue weighted by molar-refractivity contribution is 0.0786. The molecule has 0 radical (unpaired) electrons. The molecule has 1 aliphatic rings. The van der Waals surface area contributed by atoms with Crippen LogP contribution in [0.3, 0.4) is 0 Å². The highest BCUT2D eigenvalue weighted by Crippen LogP contribution is 2.21. The molecule has 2 rings (SSSR count). The van der Waals surface area contributed by atoms with Gasteiger partial charge in [0.25, 0.3) is 5.91 Å². The minimum absolute atomic E-state index is 0.199. The largest absolute Gasteiger partial charge is 0.397 e. The van der Waals surface area contributed by atoms with Crippen molar-refractivity contribution in [2.24, 2.45) is 0 Å². The topological polar surface area (TPSA) is 92.7 Å². The summed E-state index contributed by atoms with van der Waals surface area (Å²) in [6.07, 6.45) is 4.09. The normalized spacial score (nSPS) is 15.0. The summed E-state index contributed by atoms with van der Waals surface area (Å²) in [6.45, 7) is 3.96. The highest BCUT2D eigenvalue weighted by Gasteiger charge is 2.18. The number of nitrogens with two attached hydrogens (primary N) is 2. The summed E-state index contributed by atoms with van der Waals surface area (Å²) in [5, 5.41) is 0. The van der Waals surface area contributed by atoms with Crippen LogP contribution in [0, 0.1) is 0 Å². The first kappa shape index (κ1) is 16.3. The van der Waals surface area contributed by atoms with Gasteiger partial charge in [0.15, 0.2) is 6.29 Å². The van der Waals surface area contributed by atoms with Crippen molar-refractivity contribution in [2.75, 3.05) is 44.7 Å². The molecule has 1 fully saturated rings. The van der Waals surface area contributed by atoms with Gasteiger partial charge in [0.1, 0.15) is 0 Å². The van der Waals surface area contributed by atoms with Crippen molar-refractivity contribution >= 4 is 23.6 Å². The van der Waals surface area contributed by atoms with Crippen molar-refractivity contribution < 1.29 is 9.59 Å². The predicted octanol–water partition coefficient (Wildman–Crippen LogP) is 1.22. The van der Waals surface area contributed by atoms with Gasteiger partial charge in [0.05, 0.1) is 16.9 Å². The van der Waals surface area contributed by atoms with Crippen LogP contribution in [0.15, 0.2) is 12.1 Å². The fourth-order valence-corrected chi connectivity index (χ4v) is 2.78. The summed E-state index contributed by atoms with van der Waals surface area (Å²) in [5.41, 5.74) is 12.6. The number of hydrogen-bond acceptors (Lipinski definition) is 5. The van der Waals surface area contributed by atoms with E-state index in [1.54, 1.807) is 11.9 Å². The first-order valence-corrected chi connectivity index (χ1v) is 7.65. The van der Waals surface area contributed by atoms with E-state index in [4.69, 9.17) is 11.5 Å². The molecule has 1 heterocycles. The number of aldehydes is 1. The molecule has 0 spiro atoms. The van der Waals surface area contributed by atoms with Crippen LogP contribution in [-0.4, -0.2) is 55.2 Å². The molecular weight excluding hydrogens is 280 g/mol. The van der Waals surface area contributed by atoms with Crippen molar-refractivity contribution in [2.45, 2.75) is 19.3 Å². The van der Waals surface area contributed by atoms with Crippen molar-refractivity contribution in [3.05, 3.63) is 23.3 Å². The SMILES string of the molecule is CN(CCCN1CCCC1)C(=O)c1cc(N)c(N)cc1C=O. The van der Waals surface area contributed by atoms with Crippen LogP contribution < -0.4 is 11.5 Å². The second-order valence-corrected chi connectivity index (χ2v) is 5.82. The Bertz CT molecular complexity index is 553. The van der Waals surface area contributed by atoms with Crippen LogP contribution in [0.5, 0.6) is 0 Å². The van der Waals surface area contributed by atoms with Gasteiger partial charge in [-0.25, -0.2) is 0 Å². The molecule has 1 aromatic carbocycles. The van der Waals surface area contributed by atoms with E-state index in [9.17, 15) is 9.59 Å². The second-order valence-electron chi connectivity index (χ2n) is 5.82. The van der Waals surface area contributed by atoms with Crippen LogP contribution in [0.4, 0.5) is 11.4 Å². The first-order valence-electron chi connectivity index (χ1n) is 7.65. The summed E-state index contributed by atoms with van der Waals surface area (Å²) in [6, 6.07) is 2.94. The standard InChI is InChI=1S/C16H24N4O2/c1-19(5-4-8-20-6-2-3-7-20)16(22)13-10-15(18)14(17)9-12(13)11-21/h9-11H,2-8,17-18H2,1H3. The van der Waals surface area contributed by atoms with Gasteiger partial charge in [-0.3, -0.25) is 9.59 Å². The molecule has 22 heavy (non-hydrogen) atoms. The molecule has 0 aromatic heterocycles. The fourth-order valence-electron chi connectivity index (χ4n) is 2.78. The maximum Gasteiger partial charge on any atom is 0.254 e. The van der Waals surface area contributed by atoms with E-state index in [0.717, 1.165) is 26.1 Å². The number of carbonyl (C=O) groups excluding carboxylic acids is 2. The maximum atomic E-state index is 12.5. The molecule has 1 amide bonds. The number of amides is 1. The van der Waals surface area contributed by atoms with Gasteiger partial charge >= 0.3 is 0 Å². The molecule has 0 unspecified atom stereocenters. The van der Waals surface area contributed by atoms with E-state index < -0.39 is 0 Å². The van der Waals surface area contributed by atoms with Gasteiger partial charge in [-0.15, -0.1) is 0 Å². The van der Waals surface area contributed by atoms with Gasteiger partial charge in [-0.2, -0.15) is 0 Å². The smallest absolute Gasteiger partial charge is 0.254 e. The van der Waals surface area contributed by atoms with E-state index in [-0.39, 0.29) is 11.5 Å². The predicted molar refractivity (Wildman–Crippen MR) is 87.9 cm³/mol. The number of nitrogen functional groups attached to an aromatic ring is 2. The highest BCUT2D eigenvalue weighted by molar-refractivity contribution is 6.03. The zero-order chi connectivity index (χ0) is 16.1. The lowest BCUT2D eigenvalue weighted by atomic mass is 10.0. The Morgan fingerprint density at radius 3 is 2.55 bits per heavy atom. The highest BCUT2D eigenvalue weighted by atomic mass is 16.2. The van der Waals surface area contributed by atoms with Crippen LogP contribution >= 0.6 is 0 Å². The van der Waals surface area contributed by atoms with E-state index in [1.807, 2.05) is 0 Å². The van der Waals surface area contributed by atoms with Crippen molar-refractivity contribution in [1.82, 2.24) is 9.80 Å². The van der Waals surface area contributed by atoms with E-state index in [1.165, 1.54) is 25.0 Å². The molecule has 1 aliphatic heterocycles. The van der Waals surface area contributed by atoms with Crippen LogP contribution in [0.25, 0.3) is 0 Å². The molecule has 0 saturated carbocycles. The van der Waals surface area contributed by atoms with E-state index in [2.05, 4.69) is 4.90 Å². The minimum atomic E-state index is -0.199. The Labute approximate surface area is 131 Å². The first-order chi connectivity index (χ1) is 10.5. The van der Waals surface area contributed by atoms with Crippen LogP contribution in [-0.2, 0) is 0 Å². The monoisotopic (exact) mass is 304 g/mol.